The van der Waals surface area contributed by atoms with Crippen molar-refractivity contribution in [2.45, 2.75) is 38.6 Å². The van der Waals surface area contributed by atoms with Crippen LogP contribution in [0.4, 0.5) is 5.69 Å². The quantitative estimate of drug-likeness (QED) is 0.846. The Kier molecular flexibility index (Phi) is 3.83. The van der Waals surface area contributed by atoms with Gasteiger partial charge in [-0.15, -0.1) is 0 Å². The number of nitrogen functional groups attached to an aromatic ring is 1. The van der Waals surface area contributed by atoms with Crippen molar-refractivity contribution in [1.82, 2.24) is 14.7 Å². The molecular weight excluding hydrogens is 200 g/mol. The normalized spacial score (nSPS) is 19.1. The van der Waals surface area contributed by atoms with Gasteiger partial charge in [0.1, 0.15) is 0 Å². The van der Waals surface area contributed by atoms with E-state index < -0.39 is 0 Å². The number of hydrogen-bond donors (Lipinski definition) is 1. The molecule has 0 atom stereocenters. The van der Waals surface area contributed by atoms with E-state index in [1.807, 2.05) is 10.9 Å². The third kappa shape index (κ3) is 2.76. The average molecular weight is 222 g/mol. The second kappa shape index (κ2) is 5.34. The average Bonchev–Trinajstić information content (AvgIpc) is 2.74. The highest BCUT2D eigenvalue weighted by Gasteiger charge is 2.20. The molecule has 2 heterocycles. The number of unbranched alkanes of at least 4 members (excludes halogenated alkanes) is 1. The van der Waals surface area contributed by atoms with Gasteiger partial charge >= 0.3 is 0 Å². The molecule has 0 spiro atoms. The maximum atomic E-state index is 5.68. The maximum absolute atomic E-state index is 5.68. The maximum Gasteiger partial charge on any atom is 0.0719 e. The molecule has 1 aromatic rings. The summed E-state index contributed by atoms with van der Waals surface area (Å²) in [5.41, 5.74) is 6.46. The number of piperidine rings is 1. The van der Waals surface area contributed by atoms with E-state index in [2.05, 4.69) is 16.9 Å². The molecule has 1 fully saturated rings. The first-order chi connectivity index (χ1) is 7.79. The molecule has 0 bridgehead atoms. The molecule has 0 saturated carbocycles. The predicted octanol–water partition coefficient (Wildman–Crippen LogP) is 1.90. The molecular formula is C12H22N4. The monoisotopic (exact) mass is 222 g/mol. The Morgan fingerprint density at radius 2 is 2.19 bits per heavy atom. The molecule has 1 aliphatic heterocycles. The fourth-order valence-corrected chi connectivity index (χ4v) is 2.34. The van der Waals surface area contributed by atoms with Gasteiger partial charge in [0.15, 0.2) is 0 Å². The van der Waals surface area contributed by atoms with Gasteiger partial charge in [-0.05, 0) is 25.8 Å². The highest BCUT2D eigenvalue weighted by atomic mass is 15.3. The van der Waals surface area contributed by atoms with Crippen LogP contribution in [0.2, 0.25) is 0 Å². The van der Waals surface area contributed by atoms with Crippen LogP contribution in [-0.2, 0) is 0 Å². The van der Waals surface area contributed by atoms with E-state index in [0.29, 0.717) is 6.04 Å². The van der Waals surface area contributed by atoms with Crippen LogP contribution in [0, 0.1) is 0 Å². The molecule has 0 aliphatic carbocycles. The molecule has 1 aromatic heterocycles. The molecule has 4 heteroatoms. The fraction of sp³-hybridized carbons (Fsp3) is 0.750. The lowest BCUT2D eigenvalue weighted by Crippen LogP contribution is -2.35. The molecule has 0 unspecified atom stereocenters. The Bertz CT molecular complexity index is 313. The zero-order valence-corrected chi connectivity index (χ0v) is 10.1. The molecule has 4 nitrogen and oxygen atoms in total. The zero-order valence-electron chi connectivity index (χ0n) is 10.1. The summed E-state index contributed by atoms with van der Waals surface area (Å²) in [6.07, 6.45) is 8.69. The summed E-state index contributed by atoms with van der Waals surface area (Å²) >= 11 is 0. The highest BCUT2D eigenvalue weighted by Crippen LogP contribution is 2.22. The Labute approximate surface area is 97.4 Å². The first-order valence-corrected chi connectivity index (χ1v) is 6.31. The number of anilines is 1. The molecule has 2 N–H and O–H groups in total. The Morgan fingerprint density at radius 3 is 2.75 bits per heavy atom. The van der Waals surface area contributed by atoms with Crippen molar-refractivity contribution in [3.63, 3.8) is 0 Å². The summed E-state index contributed by atoms with van der Waals surface area (Å²) in [6, 6.07) is 0.551. The summed E-state index contributed by atoms with van der Waals surface area (Å²) in [6.45, 7) is 5.90. The van der Waals surface area contributed by atoms with Crippen LogP contribution >= 0.6 is 0 Å². The smallest absolute Gasteiger partial charge is 0.0719 e. The van der Waals surface area contributed by atoms with E-state index >= 15 is 0 Å². The predicted molar refractivity (Wildman–Crippen MR) is 66.3 cm³/mol. The summed E-state index contributed by atoms with van der Waals surface area (Å²) in [4.78, 5) is 2.56. The van der Waals surface area contributed by atoms with E-state index in [1.54, 1.807) is 6.20 Å². The SMILES string of the molecule is CCCCN1CCC(n2cc(N)cn2)CC1. The first-order valence-electron chi connectivity index (χ1n) is 6.31. The van der Waals surface area contributed by atoms with Crippen molar-refractivity contribution >= 4 is 5.69 Å². The van der Waals surface area contributed by atoms with Crippen molar-refractivity contribution in [3.05, 3.63) is 12.4 Å². The zero-order chi connectivity index (χ0) is 11.4. The van der Waals surface area contributed by atoms with E-state index in [1.165, 1.54) is 45.3 Å². The minimum atomic E-state index is 0.551. The molecule has 16 heavy (non-hydrogen) atoms. The van der Waals surface area contributed by atoms with Gasteiger partial charge < -0.3 is 10.6 Å². The van der Waals surface area contributed by atoms with E-state index in [0.717, 1.165) is 5.69 Å². The van der Waals surface area contributed by atoms with Crippen LogP contribution in [0.3, 0.4) is 0 Å². The summed E-state index contributed by atoms with van der Waals surface area (Å²) < 4.78 is 2.03. The molecule has 0 aromatic carbocycles. The van der Waals surface area contributed by atoms with E-state index in [9.17, 15) is 0 Å². The molecule has 90 valence electrons. The van der Waals surface area contributed by atoms with Gasteiger partial charge in [-0.2, -0.15) is 5.10 Å². The number of nitrogens with two attached hydrogens (primary N) is 1. The Morgan fingerprint density at radius 1 is 1.44 bits per heavy atom. The van der Waals surface area contributed by atoms with Gasteiger partial charge in [0.25, 0.3) is 0 Å². The fourth-order valence-electron chi connectivity index (χ4n) is 2.34. The van der Waals surface area contributed by atoms with Crippen LogP contribution in [0.1, 0.15) is 38.6 Å². The van der Waals surface area contributed by atoms with Crippen LogP contribution in [0.25, 0.3) is 0 Å². The lowest BCUT2D eigenvalue weighted by molar-refractivity contribution is 0.178. The van der Waals surface area contributed by atoms with Crippen molar-refractivity contribution < 1.29 is 0 Å². The largest absolute Gasteiger partial charge is 0.396 e. The van der Waals surface area contributed by atoms with Crippen molar-refractivity contribution in [2.24, 2.45) is 0 Å². The third-order valence-electron chi connectivity index (χ3n) is 3.38. The van der Waals surface area contributed by atoms with Gasteiger partial charge in [0, 0.05) is 19.3 Å². The second-order valence-electron chi connectivity index (χ2n) is 4.68. The van der Waals surface area contributed by atoms with Crippen LogP contribution < -0.4 is 5.73 Å². The minimum Gasteiger partial charge on any atom is -0.396 e. The number of hydrogen-bond acceptors (Lipinski definition) is 3. The molecule has 1 aliphatic rings. The van der Waals surface area contributed by atoms with Gasteiger partial charge in [-0.1, -0.05) is 13.3 Å². The molecule has 2 rings (SSSR count). The summed E-state index contributed by atoms with van der Waals surface area (Å²) in [7, 11) is 0. The topological polar surface area (TPSA) is 47.1 Å². The van der Waals surface area contributed by atoms with Crippen molar-refractivity contribution in [2.75, 3.05) is 25.4 Å². The standard InChI is InChI=1S/C12H22N4/c1-2-3-6-15-7-4-12(5-8-15)16-10-11(13)9-14-16/h9-10,12H,2-8,13H2,1H3. The van der Waals surface area contributed by atoms with Gasteiger partial charge in [0.05, 0.1) is 17.9 Å². The first kappa shape index (κ1) is 11.5. The minimum absolute atomic E-state index is 0.551. The van der Waals surface area contributed by atoms with Gasteiger partial charge in [-0.25, -0.2) is 0 Å². The molecule has 1 saturated heterocycles. The Hall–Kier alpha value is -1.03. The van der Waals surface area contributed by atoms with Crippen LogP contribution in [0.5, 0.6) is 0 Å². The van der Waals surface area contributed by atoms with Crippen LogP contribution in [0.15, 0.2) is 12.4 Å². The second-order valence-corrected chi connectivity index (χ2v) is 4.68. The highest BCUT2D eigenvalue weighted by molar-refractivity contribution is 5.30. The third-order valence-corrected chi connectivity index (χ3v) is 3.38. The number of nitrogens with zero attached hydrogens (tertiary/aromatic N) is 3. The van der Waals surface area contributed by atoms with E-state index in [-0.39, 0.29) is 0 Å². The number of aromatic nitrogens is 2. The number of rotatable bonds is 4. The summed E-state index contributed by atoms with van der Waals surface area (Å²) in [5.74, 6) is 0. The van der Waals surface area contributed by atoms with E-state index in [4.69, 9.17) is 5.73 Å². The van der Waals surface area contributed by atoms with Crippen molar-refractivity contribution in [3.8, 4) is 0 Å². The van der Waals surface area contributed by atoms with Gasteiger partial charge in [0.2, 0.25) is 0 Å². The van der Waals surface area contributed by atoms with Crippen LogP contribution in [-0.4, -0.2) is 34.3 Å². The van der Waals surface area contributed by atoms with Crippen molar-refractivity contribution in [1.29, 1.82) is 0 Å². The lowest BCUT2D eigenvalue weighted by atomic mass is 10.1. The Balaban J connectivity index is 1.81. The summed E-state index contributed by atoms with van der Waals surface area (Å²) in [5, 5.41) is 4.30. The number of likely N-dealkylation sites (tertiary alicyclic amines) is 1. The lowest BCUT2D eigenvalue weighted by Gasteiger charge is -2.31. The molecule has 0 radical (unpaired) electrons. The molecule has 0 amide bonds. The van der Waals surface area contributed by atoms with Gasteiger partial charge in [-0.3, -0.25) is 4.68 Å².